The maximum Gasteiger partial charge on any atom is 0.161 e. The Labute approximate surface area is 337 Å². The summed E-state index contributed by atoms with van der Waals surface area (Å²) in [6.45, 7) is 0. The van der Waals surface area contributed by atoms with E-state index in [2.05, 4.69) is 218 Å². The van der Waals surface area contributed by atoms with Crippen molar-refractivity contribution in [3.05, 3.63) is 218 Å². The first-order valence-electron chi connectivity index (χ1n) is 19.8. The summed E-state index contributed by atoms with van der Waals surface area (Å²) < 4.78 is 0. The zero-order valence-electron chi connectivity index (χ0n) is 31.7. The molecule has 0 amide bonds. The van der Waals surface area contributed by atoms with E-state index in [1.54, 1.807) is 0 Å². The van der Waals surface area contributed by atoms with Crippen molar-refractivity contribution in [2.75, 3.05) is 0 Å². The molecule has 0 aliphatic carbocycles. The highest BCUT2D eigenvalue weighted by molar-refractivity contribution is 6.22. The van der Waals surface area contributed by atoms with Crippen LogP contribution in [0.15, 0.2) is 218 Å². The van der Waals surface area contributed by atoms with E-state index in [1.165, 1.54) is 65.5 Å². The Hall–Kier alpha value is -7.68. The maximum absolute atomic E-state index is 5.37. The van der Waals surface area contributed by atoms with Gasteiger partial charge in [-0.05, 0) is 101 Å². The molecular weight excluding hydrogens is 701 g/mol. The molecule has 11 rings (SSSR count). The Balaban J connectivity index is 1.12. The van der Waals surface area contributed by atoms with Crippen molar-refractivity contribution < 1.29 is 0 Å². The van der Waals surface area contributed by atoms with Crippen LogP contribution in [0.5, 0.6) is 0 Å². The Morgan fingerprint density at radius 3 is 1.50 bits per heavy atom. The third-order valence-corrected chi connectivity index (χ3v) is 11.5. The van der Waals surface area contributed by atoms with Crippen molar-refractivity contribution in [3.8, 4) is 67.3 Å². The molecule has 0 radical (unpaired) electrons. The summed E-state index contributed by atoms with van der Waals surface area (Å²) >= 11 is 0. The van der Waals surface area contributed by atoms with E-state index in [1.807, 2.05) is 0 Å². The normalized spacial score (nSPS) is 11.4. The Kier molecular flexibility index (Phi) is 8.19. The molecule has 0 fully saturated rings. The van der Waals surface area contributed by atoms with Gasteiger partial charge in [-0.3, -0.25) is 0 Å². The number of rotatable bonds is 6. The summed E-state index contributed by atoms with van der Waals surface area (Å²) in [5, 5.41) is 9.76. The SMILES string of the molecule is c1ccc(-c2ccc(-c3cc(-c4cccc(-c5ccccc5)c4)nc(-c4ccc(-c5c6ccccc6cc6c5ccc5ccccc56)c5ccccc45)n3)cc2)cc1. The highest BCUT2D eigenvalue weighted by Crippen LogP contribution is 2.44. The average molecular weight is 737 g/mol. The van der Waals surface area contributed by atoms with Gasteiger partial charge in [0.1, 0.15) is 0 Å². The first-order valence-corrected chi connectivity index (χ1v) is 19.8. The molecule has 1 aromatic heterocycles. The number of benzene rings is 10. The van der Waals surface area contributed by atoms with E-state index in [4.69, 9.17) is 9.97 Å². The van der Waals surface area contributed by atoms with Gasteiger partial charge in [-0.15, -0.1) is 0 Å². The minimum atomic E-state index is 0.696. The standard InChI is InChI=1S/C56H36N2/c1-3-14-37(15-4-1)39-26-28-41(29-27-39)53-36-54(44-21-13-20-42(34-44)38-16-5-2-6-17-38)58-56(57-53)51-33-32-49(47-24-11-12-25-48(47)51)55-46-23-10-8-19-43(46)35-52-45-22-9-7-18-40(45)30-31-50(52)55/h1-36H. The van der Waals surface area contributed by atoms with Gasteiger partial charge >= 0.3 is 0 Å². The van der Waals surface area contributed by atoms with Crippen LogP contribution in [0.2, 0.25) is 0 Å². The molecule has 1 heterocycles. The highest BCUT2D eigenvalue weighted by atomic mass is 14.9. The van der Waals surface area contributed by atoms with Crippen molar-refractivity contribution in [1.82, 2.24) is 9.97 Å². The maximum atomic E-state index is 5.37. The van der Waals surface area contributed by atoms with Gasteiger partial charge in [-0.1, -0.05) is 194 Å². The molecule has 0 aliphatic heterocycles. The molecule has 58 heavy (non-hydrogen) atoms. The van der Waals surface area contributed by atoms with Crippen LogP contribution in [0.4, 0.5) is 0 Å². The summed E-state index contributed by atoms with van der Waals surface area (Å²) in [4.78, 5) is 10.7. The predicted molar refractivity (Wildman–Crippen MR) is 245 cm³/mol. The fourth-order valence-electron chi connectivity index (χ4n) is 8.64. The smallest absolute Gasteiger partial charge is 0.161 e. The summed E-state index contributed by atoms with van der Waals surface area (Å²) in [6, 6.07) is 78.2. The first-order chi connectivity index (χ1) is 28.7. The van der Waals surface area contributed by atoms with Crippen LogP contribution < -0.4 is 0 Å². The summed E-state index contributed by atoms with van der Waals surface area (Å²) in [6.07, 6.45) is 0. The molecule has 0 saturated heterocycles. The lowest BCUT2D eigenvalue weighted by Crippen LogP contribution is -1.97. The van der Waals surface area contributed by atoms with Crippen molar-refractivity contribution in [1.29, 1.82) is 0 Å². The minimum absolute atomic E-state index is 0.696. The zero-order valence-corrected chi connectivity index (χ0v) is 31.7. The highest BCUT2D eigenvalue weighted by Gasteiger charge is 2.19. The molecule has 270 valence electrons. The molecule has 2 nitrogen and oxygen atoms in total. The van der Waals surface area contributed by atoms with Crippen LogP contribution >= 0.6 is 0 Å². The van der Waals surface area contributed by atoms with Crippen LogP contribution in [0.3, 0.4) is 0 Å². The van der Waals surface area contributed by atoms with E-state index >= 15 is 0 Å². The summed E-state index contributed by atoms with van der Waals surface area (Å²) in [5.74, 6) is 0.696. The summed E-state index contributed by atoms with van der Waals surface area (Å²) in [7, 11) is 0. The zero-order chi connectivity index (χ0) is 38.4. The molecule has 0 atom stereocenters. The second-order valence-corrected chi connectivity index (χ2v) is 14.9. The molecule has 0 saturated carbocycles. The van der Waals surface area contributed by atoms with Crippen molar-refractivity contribution in [2.24, 2.45) is 0 Å². The predicted octanol–water partition coefficient (Wildman–Crippen LogP) is 15.1. The van der Waals surface area contributed by atoms with Gasteiger partial charge in [-0.2, -0.15) is 0 Å². The van der Waals surface area contributed by atoms with E-state index < -0.39 is 0 Å². The van der Waals surface area contributed by atoms with Gasteiger partial charge in [0.25, 0.3) is 0 Å². The third kappa shape index (κ3) is 5.91. The molecular formula is C56H36N2. The first kappa shape index (κ1) is 33.6. The minimum Gasteiger partial charge on any atom is -0.228 e. The number of hydrogen-bond acceptors (Lipinski definition) is 2. The number of hydrogen-bond donors (Lipinski definition) is 0. The van der Waals surface area contributed by atoms with Crippen LogP contribution in [-0.4, -0.2) is 9.97 Å². The molecule has 0 aliphatic rings. The molecule has 10 aromatic carbocycles. The third-order valence-electron chi connectivity index (χ3n) is 11.5. The van der Waals surface area contributed by atoms with Gasteiger partial charge in [0.2, 0.25) is 0 Å². The van der Waals surface area contributed by atoms with Gasteiger partial charge < -0.3 is 0 Å². The van der Waals surface area contributed by atoms with Crippen molar-refractivity contribution >= 4 is 43.1 Å². The lowest BCUT2D eigenvalue weighted by molar-refractivity contribution is 1.19. The lowest BCUT2D eigenvalue weighted by Gasteiger charge is -2.17. The average Bonchev–Trinajstić information content (AvgIpc) is 3.31. The quantitative estimate of drug-likeness (QED) is 0.125. The second kappa shape index (κ2) is 14.1. The van der Waals surface area contributed by atoms with Crippen LogP contribution in [-0.2, 0) is 0 Å². The Morgan fingerprint density at radius 1 is 0.241 bits per heavy atom. The van der Waals surface area contributed by atoms with E-state index in [0.29, 0.717) is 5.82 Å². The fourth-order valence-corrected chi connectivity index (χ4v) is 8.64. The lowest BCUT2D eigenvalue weighted by atomic mass is 9.87. The molecule has 2 heteroatoms. The molecule has 0 spiro atoms. The Morgan fingerprint density at radius 2 is 0.759 bits per heavy atom. The topological polar surface area (TPSA) is 25.8 Å². The molecule has 0 bridgehead atoms. The molecule has 0 N–H and O–H groups in total. The van der Waals surface area contributed by atoms with Gasteiger partial charge in [0.15, 0.2) is 5.82 Å². The second-order valence-electron chi connectivity index (χ2n) is 14.9. The van der Waals surface area contributed by atoms with Gasteiger partial charge in [0.05, 0.1) is 11.4 Å². The van der Waals surface area contributed by atoms with Crippen LogP contribution in [0, 0.1) is 0 Å². The fraction of sp³-hybridized carbons (Fsp3) is 0. The number of fused-ring (bicyclic) bond motifs is 5. The van der Waals surface area contributed by atoms with E-state index in [-0.39, 0.29) is 0 Å². The van der Waals surface area contributed by atoms with Crippen molar-refractivity contribution in [3.63, 3.8) is 0 Å². The van der Waals surface area contributed by atoms with Gasteiger partial charge in [-0.25, -0.2) is 9.97 Å². The van der Waals surface area contributed by atoms with Crippen molar-refractivity contribution in [2.45, 2.75) is 0 Å². The Bertz CT molecular complexity index is 3310. The van der Waals surface area contributed by atoms with Gasteiger partial charge in [0, 0.05) is 16.7 Å². The molecule has 11 aromatic rings. The van der Waals surface area contributed by atoms with Crippen LogP contribution in [0.25, 0.3) is 110 Å². The summed E-state index contributed by atoms with van der Waals surface area (Å²) in [5.41, 5.74) is 12.0. The molecule has 0 unspecified atom stereocenters. The number of aromatic nitrogens is 2. The largest absolute Gasteiger partial charge is 0.228 e. The van der Waals surface area contributed by atoms with E-state index in [0.717, 1.165) is 39.0 Å². The monoisotopic (exact) mass is 736 g/mol. The van der Waals surface area contributed by atoms with E-state index in [9.17, 15) is 0 Å². The number of nitrogens with zero attached hydrogens (tertiary/aromatic N) is 2. The van der Waals surface area contributed by atoms with Crippen LogP contribution in [0.1, 0.15) is 0 Å².